The zero-order valence-corrected chi connectivity index (χ0v) is 26.9. The van der Waals surface area contributed by atoms with Crippen LogP contribution in [-0.4, -0.2) is 33.0 Å². The van der Waals surface area contributed by atoms with Crippen LogP contribution in [0.5, 0.6) is 0 Å². The van der Waals surface area contributed by atoms with Crippen molar-refractivity contribution in [2.75, 3.05) is 11.4 Å². The molecule has 1 aliphatic rings. The molecule has 1 saturated heterocycles. The summed E-state index contributed by atoms with van der Waals surface area (Å²) in [4.78, 5) is 29.9. The van der Waals surface area contributed by atoms with Crippen molar-refractivity contribution >= 4 is 38.7 Å². The molecular formula is C31H34N4O5SSi. The van der Waals surface area contributed by atoms with Gasteiger partial charge in [0.05, 0.1) is 22.6 Å². The summed E-state index contributed by atoms with van der Waals surface area (Å²) in [5, 5.41) is 16.3. The minimum absolute atomic E-state index is 0.00557. The molecule has 42 heavy (non-hydrogen) atoms. The number of hydrogen-bond donors (Lipinski definition) is 1. The van der Waals surface area contributed by atoms with E-state index >= 15 is 0 Å². The SMILES string of the molecule is CC(C)(C)C1(c2ccccc2)CN(c2nc(CNC(=O)OCc3ccc([N+](=O)[O-])cc3)cs2)C1(O[SiH3])c1ccccc1. The molecule has 4 aromatic rings. The predicted octanol–water partition coefficient (Wildman–Crippen LogP) is 5.43. The minimum Gasteiger partial charge on any atom is -0.445 e. The lowest BCUT2D eigenvalue weighted by Gasteiger charge is -2.70. The summed E-state index contributed by atoms with van der Waals surface area (Å²) in [5.74, 6) is 0. The molecule has 3 aromatic carbocycles. The van der Waals surface area contributed by atoms with E-state index in [1.54, 1.807) is 12.1 Å². The predicted molar refractivity (Wildman–Crippen MR) is 166 cm³/mol. The highest BCUT2D eigenvalue weighted by Gasteiger charge is 2.71. The molecule has 1 N–H and O–H groups in total. The summed E-state index contributed by atoms with van der Waals surface area (Å²) in [6, 6.07) is 26.9. The molecule has 218 valence electrons. The zero-order chi connectivity index (χ0) is 30.0. The average Bonchev–Trinajstić information content (AvgIpc) is 3.44. The van der Waals surface area contributed by atoms with Crippen LogP contribution in [0, 0.1) is 15.5 Å². The number of alkyl carbamates (subject to hydrolysis) is 1. The first-order chi connectivity index (χ1) is 20.1. The van der Waals surface area contributed by atoms with E-state index in [4.69, 9.17) is 14.1 Å². The van der Waals surface area contributed by atoms with Crippen LogP contribution in [0.3, 0.4) is 0 Å². The monoisotopic (exact) mass is 602 g/mol. The van der Waals surface area contributed by atoms with Crippen LogP contribution >= 0.6 is 11.3 Å². The smallest absolute Gasteiger partial charge is 0.407 e. The second-order valence-electron chi connectivity index (χ2n) is 11.3. The number of anilines is 1. The molecule has 1 aliphatic heterocycles. The molecule has 0 saturated carbocycles. The van der Waals surface area contributed by atoms with Gasteiger partial charge in [0.25, 0.3) is 5.69 Å². The van der Waals surface area contributed by atoms with Gasteiger partial charge in [-0.25, -0.2) is 9.78 Å². The van der Waals surface area contributed by atoms with Crippen molar-refractivity contribution in [3.63, 3.8) is 0 Å². The fourth-order valence-electron chi connectivity index (χ4n) is 6.03. The molecule has 2 unspecified atom stereocenters. The number of hydrogen-bond acceptors (Lipinski definition) is 8. The number of carbonyl (C=O) groups excluding carboxylic acids is 1. The summed E-state index contributed by atoms with van der Waals surface area (Å²) in [7, 11) is 0.510. The molecule has 0 aliphatic carbocycles. The van der Waals surface area contributed by atoms with E-state index in [-0.39, 0.29) is 29.7 Å². The van der Waals surface area contributed by atoms with Gasteiger partial charge >= 0.3 is 6.09 Å². The number of amides is 1. The van der Waals surface area contributed by atoms with Crippen molar-refractivity contribution in [3.05, 3.63) is 123 Å². The van der Waals surface area contributed by atoms with Gasteiger partial charge in [0, 0.05) is 29.6 Å². The number of rotatable bonds is 9. The number of nitro groups is 1. The van der Waals surface area contributed by atoms with Gasteiger partial charge < -0.3 is 19.4 Å². The first-order valence-corrected chi connectivity index (χ1v) is 15.3. The lowest BCUT2D eigenvalue weighted by molar-refractivity contribution is -0.384. The number of aromatic nitrogens is 1. The summed E-state index contributed by atoms with van der Waals surface area (Å²) in [5.41, 5.74) is 2.40. The van der Waals surface area contributed by atoms with Gasteiger partial charge in [-0.2, -0.15) is 0 Å². The van der Waals surface area contributed by atoms with Gasteiger partial charge in [-0.05, 0) is 28.7 Å². The van der Waals surface area contributed by atoms with Crippen LogP contribution in [0.2, 0.25) is 0 Å². The third-order valence-corrected chi connectivity index (χ3v) is 9.57. The van der Waals surface area contributed by atoms with E-state index in [9.17, 15) is 14.9 Å². The Morgan fingerprint density at radius 3 is 2.24 bits per heavy atom. The van der Waals surface area contributed by atoms with E-state index in [1.165, 1.54) is 29.0 Å². The Bertz CT molecular complexity index is 1550. The van der Waals surface area contributed by atoms with Crippen molar-refractivity contribution in [1.29, 1.82) is 0 Å². The van der Waals surface area contributed by atoms with Gasteiger partial charge in [0.15, 0.2) is 10.9 Å². The highest BCUT2D eigenvalue weighted by Crippen LogP contribution is 2.64. The van der Waals surface area contributed by atoms with Gasteiger partial charge in [-0.15, -0.1) is 11.3 Å². The van der Waals surface area contributed by atoms with Crippen LogP contribution in [-0.2, 0) is 33.5 Å². The first kappa shape index (κ1) is 29.4. The molecule has 2 heterocycles. The molecule has 1 fully saturated rings. The van der Waals surface area contributed by atoms with E-state index < -0.39 is 16.7 Å². The molecule has 1 aromatic heterocycles. The maximum Gasteiger partial charge on any atom is 0.407 e. The van der Waals surface area contributed by atoms with Crippen molar-refractivity contribution in [2.24, 2.45) is 5.41 Å². The topological polar surface area (TPSA) is 107 Å². The van der Waals surface area contributed by atoms with Crippen molar-refractivity contribution < 1.29 is 18.9 Å². The number of benzene rings is 3. The summed E-state index contributed by atoms with van der Waals surface area (Å²) in [6.45, 7) is 7.74. The molecule has 0 spiro atoms. The summed E-state index contributed by atoms with van der Waals surface area (Å²) < 4.78 is 12.0. The lowest BCUT2D eigenvalue weighted by Crippen LogP contribution is -2.79. The van der Waals surface area contributed by atoms with Gasteiger partial charge in [0.1, 0.15) is 17.1 Å². The van der Waals surface area contributed by atoms with Crippen LogP contribution in [0.4, 0.5) is 15.6 Å². The second kappa shape index (κ2) is 11.7. The van der Waals surface area contributed by atoms with Gasteiger partial charge in [-0.1, -0.05) is 81.4 Å². The highest BCUT2D eigenvalue weighted by molar-refractivity contribution is 7.13. The van der Waals surface area contributed by atoms with Crippen LogP contribution < -0.4 is 10.2 Å². The number of nitrogens with zero attached hydrogens (tertiary/aromatic N) is 3. The fraction of sp³-hybridized carbons (Fsp3) is 0.290. The molecule has 0 radical (unpaired) electrons. The quantitative estimate of drug-likeness (QED) is 0.155. The Hall–Kier alpha value is -4.06. The number of ether oxygens (including phenoxy) is 1. The second-order valence-corrected chi connectivity index (χ2v) is 12.5. The summed E-state index contributed by atoms with van der Waals surface area (Å²) in [6.07, 6.45) is -0.593. The van der Waals surface area contributed by atoms with Crippen molar-refractivity contribution in [2.45, 2.75) is 45.1 Å². The number of thiazole rings is 1. The standard InChI is InChI=1S/C31H34N4O5SSi/c1-29(2,3)30(23-10-6-4-7-11-23)21-34(31(30,40-42)24-12-8-5-9-13-24)27-33-25(20-41-27)18-32-28(36)39-19-22-14-16-26(17-15-22)35(37)38/h4-17,20H,18-19,21H2,1-3,42H3,(H,32,36). The van der Waals surface area contributed by atoms with Crippen LogP contribution in [0.25, 0.3) is 0 Å². The zero-order valence-electron chi connectivity index (χ0n) is 24.1. The molecule has 1 amide bonds. The molecule has 9 nitrogen and oxygen atoms in total. The third kappa shape index (κ3) is 5.08. The van der Waals surface area contributed by atoms with Crippen molar-refractivity contribution in [3.8, 4) is 0 Å². The molecule has 2 atom stereocenters. The molecule has 5 rings (SSSR count). The Morgan fingerprint density at radius 1 is 1.05 bits per heavy atom. The Kier molecular flexibility index (Phi) is 8.18. The molecule has 11 heteroatoms. The highest BCUT2D eigenvalue weighted by atomic mass is 32.1. The first-order valence-electron chi connectivity index (χ1n) is 13.6. The lowest BCUT2D eigenvalue weighted by atomic mass is 9.50. The number of nitro benzene ring substituents is 1. The largest absolute Gasteiger partial charge is 0.445 e. The minimum atomic E-state index is -0.758. The molecular weight excluding hydrogens is 569 g/mol. The Morgan fingerprint density at radius 2 is 1.67 bits per heavy atom. The summed E-state index contributed by atoms with van der Waals surface area (Å²) >= 11 is 1.52. The number of nitrogens with one attached hydrogen (secondary N) is 1. The number of carbonyl (C=O) groups is 1. The third-order valence-electron chi connectivity index (χ3n) is 8.06. The number of non-ortho nitro benzene ring substituents is 1. The fourth-order valence-corrected chi connectivity index (χ4v) is 7.70. The normalized spacial score (nSPS) is 20.1. The Balaban J connectivity index is 1.35. The van der Waals surface area contributed by atoms with Crippen molar-refractivity contribution in [1.82, 2.24) is 10.3 Å². The van der Waals surface area contributed by atoms with E-state index in [2.05, 4.69) is 67.4 Å². The van der Waals surface area contributed by atoms with Gasteiger partial charge in [0.2, 0.25) is 0 Å². The molecule has 0 bridgehead atoms. The maximum absolute atomic E-state index is 12.4. The maximum atomic E-state index is 12.4. The van der Waals surface area contributed by atoms with E-state index in [1.807, 2.05) is 29.6 Å². The van der Waals surface area contributed by atoms with E-state index in [0.717, 1.165) is 17.2 Å². The van der Waals surface area contributed by atoms with Crippen LogP contribution in [0.1, 0.15) is 43.2 Å². The van der Waals surface area contributed by atoms with E-state index in [0.29, 0.717) is 21.7 Å². The average molecular weight is 603 g/mol. The van der Waals surface area contributed by atoms with Gasteiger partial charge in [-0.3, -0.25) is 10.1 Å². The van der Waals surface area contributed by atoms with Crippen LogP contribution in [0.15, 0.2) is 90.3 Å². The Labute approximate surface area is 252 Å².